The predicted octanol–water partition coefficient (Wildman–Crippen LogP) is 5.96. The topological polar surface area (TPSA) is 49.8 Å². The molecule has 1 saturated heterocycles. The summed E-state index contributed by atoms with van der Waals surface area (Å²) >= 11 is 0. The highest BCUT2D eigenvalue weighted by Crippen LogP contribution is 2.87. The molecule has 10 atom stereocenters. The minimum atomic E-state index is -4.39. The molecule has 204 valence electrons. The van der Waals surface area contributed by atoms with Gasteiger partial charge in [-0.25, -0.2) is 0 Å². The molecule has 5 aliphatic carbocycles. The smallest absolute Gasteiger partial charge is 0.393 e. The number of aliphatic hydroxyl groups is 1. The van der Waals surface area contributed by atoms with Crippen LogP contribution in [0.4, 0.5) is 13.2 Å². The summed E-state index contributed by atoms with van der Waals surface area (Å²) in [5.41, 5.74) is 1.09. The van der Waals surface area contributed by atoms with Crippen LogP contribution >= 0.6 is 0 Å². The van der Waals surface area contributed by atoms with Crippen molar-refractivity contribution in [1.29, 1.82) is 0 Å². The normalized spacial score (nSPS) is 50.7. The van der Waals surface area contributed by atoms with Crippen molar-refractivity contribution in [1.82, 2.24) is 4.90 Å². The molecule has 1 aliphatic heterocycles. The molecule has 0 aromatic carbocycles. The summed E-state index contributed by atoms with van der Waals surface area (Å²) in [6.07, 6.45) is 6.39. The van der Waals surface area contributed by atoms with Gasteiger partial charge < -0.3 is 14.7 Å². The fourth-order valence-electron chi connectivity index (χ4n) is 11.2. The highest BCUT2D eigenvalue weighted by atomic mass is 19.4. The van der Waals surface area contributed by atoms with Crippen molar-refractivity contribution in [3.8, 4) is 0 Å². The number of fused-ring (bicyclic) bond motifs is 4. The Hall–Kier alpha value is -0.820. The van der Waals surface area contributed by atoms with Crippen LogP contribution in [0.15, 0.2) is 0 Å². The van der Waals surface area contributed by atoms with Crippen molar-refractivity contribution in [2.24, 2.45) is 45.3 Å². The standard InChI is InChI=1S/C29H44F3NO3/c1-17(34)33(16-29(30,31)32)14-18-5-6-20-22(36-18)13-21-19-7-8-23-25(2,3)24(35)9-10-28(23)15-27(19,28)12-11-26(20,21)4/h18-24,35H,5-16H2,1-4H3/t18?,19?,20?,21?,22?,23?,24-,26+,27-,28?/m0/s1. The second-order valence-corrected chi connectivity index (χ2v) is 14.4. The van der Waals surface area contributed by atoms with E-state index in [4.69, 9.17) is 4.74 Å². The van der Waals surface area contributed by atoms with Crippen molar-refractivity contribution in [3.05, 3.63) is 0 Å². The van der Waals surface area contributed by atoms with Crippen molar-refractivity contribution < 1.29 is 27.8 Å². The van der Waals surface area contributed by atoms with Gasteiger partial charge in [-0.1, -0.05) is 20.8 Å². The van der Waals surface area contributed by atoms with E-state index in [1.165, 1.54) is 45.4 Å². The van der Waals surface area contributed by atoms with Gasteiger partial charge in [0.1, 0.15) is 6.54 Å². The third-order valence-electron chi connectivity index (χ3n) is 12.9. The first-order chi connectivity index (χ1) is 16.7. The number of carbonyl (C=O) groups is 1. The maximum atomic E-state index is 13.0. The third-order valence-corrected chi connectivity index (χ3v) is 12.9. The first-order valence-electron chi connectivity index (χ1n) is 14.4. The van der Waals surface area contributed by atoms with Crippen LogP contribution in [0.3, 0.4) is 0 Å². The Morgan fingerprint density at radius 1 is 0.972 bits per heavy atom. The Labute approximate surface area is 213 Å². The van der Waals surface area contributed by atoms with Crippen LogP contribution < -0.4 is 0 Å². The SMILES string of the molecule is CC(=O)N(CC1CCC2C(CC3C4CCC5C(C)(C)[C@@H](O)CCC56C[C@@]46CC[C@]23C)O1)CC(F)(F)F. The summed E-state index contributed by atoms with van der Waals surface area (Å²) in [5, 5.41) is 10.8. The van der Waals surface area contributed by atoms with Crippen LogP contribution in [0.25, 0.3) is 0 Å². The van der Waals surface area contributed by atoms with Crippen molar-refractivity contribution in [2.45, 2.75) is 116 Å². The van der Waals surface area contributed by atoms with E-state index in [0.29, 0.717) is 34.5 Å². The van der Waals surface area contributed by atoms with Gasteiger partial charge in [-0.3, -0.25) is 4.79 Å². The number of hydrogen-bond acceptors (Lipinski definition) is 3. The van der Waals surface area contributed by atoms with E-state index >= 15 is 0 Å². The molecule has 1 heterocycles. The monoisotopic (exact) mass is 511 g/mol. The molecular weight excluding hydrogens is 467 g/mol. The van der Waals surface area contributed by atoms with Crippen LogP contribution in [0.5, 0.6) is 0 Å². The third kappa shape index (κ3) is 3.42. The second-order valence-electron chi connectivity index (χ2n) is 14.4. The number of halogens is 3. The quantitative estimate of drug-likeness (QED) is 0.508. The van der Waals surface area contributed by atoms with Gasteiger partial charge in [-0.05, 0) is 110 Å². The lowest BCUT2D eigenvalue weighted by molar-refractivity contribution is -0.168. The number of ether oxygens (including phenoxy) is 1. The minimum absolute atomic E-state index is 0.00747. The van der Waals surface area contributed by atoms with E-state index in [0.717, 1.165) is 30.6 Å². The molecule has 6 aliphatic rings. The lowest BCUT2D eigenvalue weighted by atomic mass is 9.46. The van der Waals surface area contributed by atoms with Gasteiger partial charge in [-0.15, -0.1) is 0 Å². The molecule has 7 heteroatoms. The summed E-state index contributed by atoms with van der Waals surface area (Å²) in [5.74, 6) is 1.88. The maximum Gasteiger partial charge on any atom is 0.406 e. The van der Waals surface area contributed by atoms with Crippen LogP contribution in [-0.2, 0) is 9.53 Å². The van der Waals surface area contributed by atoms with Crippen molar-refractivity contribution in [2.75, 3.05) is 13.1 Å². The summed E-state index contributed by atoms with van der Waals surface area (Å²) < 4.78 is 45.6. The number of amides is 1. The van der Waals surface area contributed by atoms with E-state index in [-0.39, 0.29) is 35.7 Å². The largest absolute Gasteiger partial charge is 0.406 e. The number of hydrogen-bond donors (Lipinski definition) is 1. The highest BCUT2D eigenvalue weighted by molar-refractivity contribution is 5.73. The molecule has 0 radical (unpaired) electrons. The lowest BCUT2D eigenvalue weighted by Gasteiger charge is -2.59. The molecule has 6 rings (SSSR count). The first-order valence-corrected chi connectivity index (χ1v) is 14.4. The number of rotatable bonds is 3. The predicted molar refractivity (Wildman–Crippen MR) is 130 cm³/mol. The summed E-state index contributed by atoms with van der Waals surface area (Å²) in [6, 6.07) is 0. The molecule has 7 unspecified atom stereocenters. The van der Waals surface area contributed by atoms with Crippen LogP contribution in [0, 0.1) is 45.3 Å². The average molecular weight is 512 g/mol. The zero-order valence-electron chi connectivity index (χ0n) is 22.4. The van der Waals surface area contributed by atoms with Gasteiger partial charge in [0.05, 0.1) is 18.3 Å². The molecular formula is C29H44F3NO3. The van der Waals surface area contributed by atoms with E-state index in [1.807, 2.05) is 0 Å². The summed E-state index contributed by atoms with van der Waals surface area (Å²) in [7, 11) is 0. The molecule has 5 saturated carbocycles. The van der Waals surface area contributed by atoms with Crippen LogP contribution in [0.1, 0.15) is 91.9 Å². The van der Waals surface area contributed by atoms with Gasteiger partial charge >= 0.3 is 6.18 Å². The fraction of sp³-hybridized carbons (Fsp3) is 0.966. The second kappa shape index (κ2) is 7.86. The number of nitrogens with zero attached hydrogens (tertiary/aromatic N) is 1. The van der Waals surface area contributed by atoms with Crippen LogP contribution in [-0.4, -0.2) is 53.5 Å². The number of carbonyl (C=O) groups excluding carboxylic acids is 1. The molecule has 1 N–H and O–H groups in total. The van der Waals surface area contributed by atoms with Crippen molar-refractivity contribution >= 4 is 5.91 Å². The summed E-state index contributed by atoms with van der Waals surface area (Å²) in [4.78, 5) is 12.8. The zero-order valence-corrected chi connectivity index (χ0v) is 22.4. The number of alkyl halides is 3. The Kier molecular flexibility index (Phi) is 5.56. The van der Waals surface area contributed by atoms with E-state index in [9.17, 15) is 23.1 Å². The van der Waals surface area contributed by atoms with E-state index in [2.05, 4.69) is 20.8 Å². The molecule has 0 aromatic heterocycles. The van der Waals surface area contributed by atoms with E-state index in [1.54, 1.807) is 0 Å². The Morgan fingerprint density at radius 3 is 2.39 bits per heavy atom. The lowest BCUT2D eigenvalue weighted by Crippen LogP contribution is -2.54. The van der Waals surface area contributed by atoms with Gasteiger partial charge in [0.15, 0.2) is 0 Å². The fourth-order valence-corrected chi connectivity index (χ4v) is 11.2. The molecule has 2 spiro atoms. The highest BCUT2D eigenvalue weighted by Gasteiger charge is 2.80. The minimum Gasteiger partial charge on any atom is -0.393 e. The number of aliphatic hydroxyl groups excluding tert-OH is 1. The van der Waals surface area contributed by atoms with Gasteiger partial charge in [0.2, 0.25) is 5.91 Å². The molecule has 36 heavy (non-hydrogen) atoms. The molecule has 1 amide bonds. The first kappa shape index (κ1) is 25.5. The molecule has 0 aromatic rings. The van der Waals surface area contributed by atoms with Gasteiger partial charge in [-0.2, -0.15) is 13.2 Å². The van der Waals surface area contributed by atoms with Crippen molar-refractivity contribution in [3.63, 3.8) is 0 Å². The van der Waals surface area contributed by atoms with Gasteiger partial charge in [0, 0.05) is 13.5 Å². The van der Waals surface area contributed by atoms with Crippen LogP contribution in [0.2, 0.25) is 0 Å². The summed E-state index contributed by atoms with van der Waals surface area (Å²) in [6.45, 7) is 7.13. The zero-order chi connectivity index (χ0) is 25.9. The van der Waals surface area contributed by atoms with Gasteiger partial charge in [0.25, 0.3) is 0 Å². The molecule has 0 bridgehead atoms. The molecule has 4 nitrogen and oxygen atoms in total. The Balaban J connectivity index is 1.19. The Morgan fingerprint density at radius 2 is 1.69 bits per heavy atom. The Bertz CT molecular complexity index is 922. The molecule has 6 fully saturated rings. The average Bonchev–Trinajstić information content (AvgIpc) is 3.36. The maximum absolute atomic E-state index is 13.0. The van der Waals surface area contributed by atoms with E-state index < -0.39 is 18.6 Å².